The lowest BCUT2D eigenvalue weighted by molar-refractivity contribution is 0.599. The van der Waals surface area contributed by atoms with E-state index in [0.717, 1.165) is 22.3 Å². The van der Waals surface area contributed by atoms with Crippen LogP contribution in [0.15, 0.2) is 76.5 Å². The molecule has 3 aromatic carbocycles. The van der Waals surface area contributed by atoms with Crippen molar-refractivity contribution in [2.45, 2.75) is 9.79 Å². The molecule has 0 amide bonds. The summed E-state index contributed by atoms with van der Waals surface area (Å²) in [6.45, 7) is 0. The topological polar surface area (TPSA) is 60.2 Å². The van der Waals surface area contributed by atoms with Crippen LogP contribution in [0.25, 0.3) is 22.3 Å². The third-order valence-electron chi connectivity index (χ3n) is 3.96. The third-order valence-corrected chi connectivity index (χ3v) is 5.80. The zero-order chi connectivity index (χ0) is 15.3. The van der Waals surface area contributed by atoms with E-state index in [1.165, 1.54) is 6.07 Å². The number of nitrogen functional groups attached to an aromatic ring is 1. The SMILES string of the molecule is Nc1ccc2c(c1)S(=O)(=O)c1cc(-c3ccccc3)ccc1-2. The Morgan fingerprint density at radius 1 is 0.682 bits per heavy atom. The van der Waals surface area contributed by atoms with Gasteiger partial charge in [0.2, 0.25) is 9.84 Å². The second kappa shape index (κ2) is 4.45. The minimum Gasteiger partial charge on any atom is -0.399 e. The maximum Gasteiger partial charge on any atom is 0.207 e. The third kappa shape index (κ3) is 1.77. The monoisotopic (exact) mass is 307 g/mol. The molecule has 0 atom stereocenters. The summed E-state index contributed by atoms with van der Waals surface area (Å²) in [6.07, 6.45) is 0. The van der Waals surface area contributed by atoms with Crippen LogP contribution in [0.2, 0.25) is 0 Å². The van der Waals surface area contributed by atoms with Crippen LogP contribution in [0, 0.1) is 0 Å². The van der Waals surface area contributed by atoms with Gasteiger partial charge in [-0.2, -0.15) is 0 Å². The Kier molecular flexibility index (Phi) is 2.65. The van der Waals surface area contributed by atoms with E-state index in [2.05, 4.69) is 0 Å². The van der Waals surface area contributed by atoms with Crippen molar-refractivity contribution in [2.75, 3.05) is 5.73 Å². The molecule has 108 valence electrons. The standard InChI is InChI=1S/C18H13NO2S/c19-14-7-9-16-15-8-6-13(12-4-2-1-3-5-12)10-17(15)22(20,21)18(16)11-14/h1-11H,19H2. The summed E-state index contributed by atoms with van der Waals surface area (Å²) in [6, 6.07) is 20.4. The Morgan fingerprint density at radius 2 is 1.32 bits per heavy atom. The molecular formula is C18H13NO2S. The van der Waals surface area contributed by atoms with E-state index in [0.29, 0.717) is 15.5 Å². The molecule has 0 bridgehead atoms. The van der Waals surface area contributed by atoms with Crippen LogP contribution < -0.4 is 5.73 Å². The van der Waals surface area contributed by atoms with Crippen LogP contribution in [0.1, 0.15) is 0 Å². The largest absolute Gasteiger partial charge is 0.399 e. The van der Waals surface area contributed by atoms with Crippen LogP contribution in [0.3, 0.4) is 0 Å². The van der Waals surface area contributed by atoms with Gasteiger partial charge in [-0.25, -0.2) is 8.42 Å². The lowest BCUT2D eigenvalue weighted by atomic mass is 10.0. The van der Waals surface area contributed by atoms with Crippen molar-refractivity contribution >= 4 is 15.5 Å². The number of fused-ring (bicyclic) bond motifs is 3. The quantitative estimate of drug-likeness (QED) is 0.545. The van der Waals surface area contributed by atoms with Crippen LogP contribution >= 0.6 is 0 Å². The first-order chi connectivity index (χ1) is 10.6. The summed E-state index contributed by atoms with van der Waals surface area (Å²) < 4.78 is 25.5. The molecule has 4 rings (SSSR count). The number of hydrogen-bond acceptors (Lipinski definition) is 3. The van der Waals surface area contributed by atoms with Crippen molar-refractivity contribution < 1.29 is 8.42 Å². The van der Waals surface area contributed by atoms with Gasteiger partial charge >= 0.3 is 0 Å². The molecule has 0 aromatic heterocycles. The number of sulfone groups is 1. The molecule has 0 saturated heterocycles. The Labute approximate surface area is 129 Å². The Balaban J connectivity index is 1.98. The van der Waals surface area contributed by atoms with Crippen molar-refractivity contribution in [3.63, 3.8) is 0 Å². The highest BCUT2D eigenvalue weighted by atomic mass is 32.2. The van der Waals surface area contributed by atoms with Gasteiger partial charge in [0.05, 0.1) is 9.79 Å². The fourth-order valence-electron chi connectivity index (χ4n) is 2.88. The lowest BCUT2D eigenvalue weighted by Gasteiger charge is -2.05. The summed E-state index contributed by atoms with van der Waals surface area (Å²) in [5.41, 5.74) is 9.56. The molecule has 3 nitrogen and oxygen atoms in total. The number of anilines is 1. The van der Waals surface area contributed by atoms with E-state index < -0.39 is 9.84 Å². The average molecular weight is 307 g/mol. The number of nitrogens with two attached hydrogens (primary N) is 1. The molecule has 1 heterocycles. The first-order valence-electron chi connectivity index (χ1n) is 6.92. The van der Waals surface area contributed by atoms with Gasteiger partial charge in [0, 0.05) is 16.8 Å². The highest BCUT2D eigenvalue weighted by Gasteiger charge is 2.33. The molecule has 0 aliphatic carbocycles. The van der Waals surface area contributed by atoms with Crippen molar-refractivity contribution in [3.8, 4) is 22.3 Å². The normalized spacial score (nSPS) is 14.4. The number of rotatable bonds is 1. The van der Waals surface area contributed by atoms with Gasteiger partial charge in [-0.05, 0) is 29.3 Å². The molecule has 1 aliphatic heterocycles. The van der Waals surface area contributed by atoms with Gasteiger partial charge in [-0.1, -0.05) is 48.5 Å². The zero-order valence-corrected chi connectivity index (χ0v) is 12.5. The predicted octanol–water partition coefficient (Wildman–Crippen LogP) is 3.75. The predicted molar refractivity (Wildman–Crippen MR) is 87.2 cm³/mol. The van der Waals surface area contributed by atoms with Crippen LogP contribution in [0.5, 0.6) is 0 Å². The van der Waals surface area contributed by atoms with E-state index in [-0.39, 0.29) is 0 Å². The average Bonchev–Trinajstić information content (AvgIpc) is 2.76. The van der Waals surface area contributed by atoms with Crippen LogP contribution in [0.4, 0.5) is 5.69 Å². The number of benzene rings is 3. The van der Waals surface area contributed by atoms with Crippen molar-refractivity contribution in [1.29, 1.82) is 0 Å². The molecule has 0 spiro atoms. The second-order valence-electron chi connectivity index (χ2n) is 5.34. The molecule has 1 aliphatic rings. The zero-order valence-electron chi connectivity index (χ0n) is 11.7. The molecule has 3 aromatic rings. The van der Waals surface area contributed by atoms with Crippen LogP contribution in [-0.2, 0) is 9.84 Å². The highest BCUT2D eigenvalue weighted by molar-refractivity contribution is 7.92. The van der Waals surface area contributed by atoms with Gasteiger partial charge < -0.3 is 5.73 Å². The molecule has 22 heavy (non-hydrogen) atoms. The Hall–Kier alpha value is -2.59. The van der Waals surface area contributed by atoms with Gasteiger partial charge in [-0.15, -0.1) is 0 Å². The summed E-state index contributed by atoms with van der Waals surface area (Å²) in [5, 5.41) is 0. The number of hydrogen-bond donors (Lipinski definition) is 1. The van der Waals surface area contributed by atoms with Crippen molar-refractivity contribution in [1.82, 2.24) is 0 Å². The van der Waals surface area contributed by atoms with Crippen molar-refractivity contribution in [2.24, 2.45) is 0 Å². The fourth-order valence-corrected chi connectivity index (χ4v) is 4.62. The van der Waals surface area contributed by atoms with E-state index in [4.69, 9.17) is 5.73 Å². The summed E-state index contributed by atoms with van der Waals surface area (Å²) in [5.74, 6) is 0. The highest BCUT2D eigenvalue weighted by Crippen LogP contribution is 2.45. The smallest absolute Gasteiger partial charge is 0.207 e. The molecule has 4 heteroatoms. The van der Waals surface area contributed by atoms with Gasteiger partial charge in [-0.3, -0.25) is 0 Å². The Morgan fingerprint density at radius 3 is 2.05 bits per heavy atom. The Bertz CT molecular complexity index is 993. The van der Waals surface area contributed by atoms with E-state index in [9.17, 15) is 8.42 Å². The summed E-state index contributed by atoms with van der Waals surface area (Å²) in [7, 11) is -3.50. The molecule has 2 N–H and O–H groups in total. The van der Waals surface area contributed by atoms with Gasteiger partial charge in [0.25, 0.3) is 0 Å². The maximum absolute atomic E-state index is 12.8. The fraction of sp³-hybridized carbons (Fsp3) is 0. The first-order valence-corrected chi connectivity index (χ1v) is 8.40. The summed E-state index contributed by atoms with van der Waals surface area (Å²) in [4.78, 5) is 0.655. The van der Waals surface area contributed by atoms with Gasteiger partial charge in [0.1, 0.15) is 0 Å². The molecule has 0 fully saturated rings. The minimum atomic E-state index is -3.50. The minimum absolute atomic E-state index is 0.299. The summed E-state index contributed by atoms with van der Waals surface area (Å²) >= 11 is 0. The second-order valence-corrected chi connectivity index (χ2v) is 7.22. The maximum atomic E-state index is 12.8. The van der Waals surface area contributed by atoms with E-state index in [1.54, 1.807) is 18.2 Å². The van der Waals surface area contributed by atoms with Crippen molar-refractivity contribution in [3.05, 3.63) is 66.7 Å². The van der Waals surface area contributed by atoms with E-state index >= 15 is 0 Å². The first kappa shape index (κ1) is 13.1. The lowest BCUT2D eigenvalue weighted by Crippen LogP contribution is -1.98. The van der Waals surface area contributed by atoms with Gasteiger partial charge in [0.15, 0.2) is 0 Å². The molecule has 0 unspecified atom stereocenters. The molecule has 0 radical (unpaired) electrons. The van der Waals surface area contributed by atoms with E-state index in [1.807, 2.05) is 42.5 Å². The van der Waals surface area contributed by atoms with Crippen LogP contribution in [-0.4, -0.2) is 8.42 Å². The molecular weight excluding hydrogens is 294 g/mol. The molecule has 0 saturated carbocycles.